The molecule has 0 amide bonds. The number of nitrogens with zero attached hydrogens (tertiary/aromatic N) is 1. The van der Waals surface area contributed by atoms with Crippen LogP contribution in [-0.2, 0) is 6.42 Å². The Bertz CT molecular complexity index is 559. The number of halogens is 3. The standard InChI is InChI=1S/C21H30F3N/c1-2-14-3-8-16(9-4-14)17-10-5-15(6-11-17)7-12-18-13-19(22)21(24)25-20(18)23/h13-17H,2-12H2,1H3/t14-,15-,16-,17-. The van der Waals surface area contributed by atoms with E-state index < -0.39 is 17.7 Å². The van der Waals surface area contributed by atoms with Crippen LogP contribution in [0.2, 0.25) is 0 Å². The molecule has 3 rings (SSSR count). The molecule has 140 valence electrons. The predicted molar refractivity (Wildman–Crippen MR) is 93.6 cm³/mol. The highest BCUT2D eigenvalue weighted by atomic mass is 19.2. The Balaban J connectivity index is 1.43. The molecule has 0 bridgehead atoms. The SMILES string of the molecule is CC[C@H]1CC[C@H]([C@H]2CC[C@H](CCc3cc(F)c(F)nc3F)CC2)CC1. The van der Waals surface area contributed by atoms with Crippen LogP contribution in [0, 0.1) is 41.4 Å². The van der Waals surface area contributed by atoms with E-state index in [1.54, 1.807) is 0 Å². The predicted octanol–water partition coefficient (Wildman–Crippen LogP) is 6.45. The summed E-state index contributed by atoms with van der Waals surface area (Å²) in [5.74, 6) is 0.0536. The van der Waals surface area contributed by atoms with Crippen LogP contribution in [-0.4, -0.2) is 4.98 Å². The molecule has 0 N–H and O–H groups in total. The molecule has 2 aliphatic rings. The van der Waals surface area contributed by atoms with E-state index in [9.17, 15) is 13.2 Å². The number of hydrogen-bond acceptors (Lipinski definition) is 1. The summed E-state index contributed by atoms with van der Waals surface area (Å²) in [6.07, 6.45) is 13.2. The maximum Gasteiger partial charge on any atom is 0.251 e. The molecular formula is C21H30F3N. The number of aryl methyl sites for hydroxylation is 1. The number of aromatic nitrogens is 1. The van der Waals surface area contributed by atoms with Gasteiger partial charge in [-0.3, -0.25) is 0 Å². The van der Waals surface area contributed by atoms with Gasteiger partial charge >= 0.3 is 0 Å². The third kappa shape index (κ3) is 4.77. The van der Waals surface area contributed by atoms with Gasteiger partial charge in [0.05, 0.1) is 0 Å². The van der Waals surface area contributed by atoms with Gasteiger partial charge in [0.15, 0.2) is 5.82 Å². The molecule has 1 aromatic heterocycles. The summed E-state index contributed by atoms with van der Waals surface area (Å²) >= 11 is 0. The molecule has 0 radical (unpaired) electrons. The Kier molecular flexibility index (Phi) is 6.40. The third-order valence-corrected chi connectivity index (χ3v) is 6.81. The molecule has 2 saturated carbocycles. The van der Waals surface area contributed by atoms with Crippen molar-refractivity contribution < 1.29 is 13.2 Å². The van der Waals surface area contributed by atoms with Crippen LogP contribution in [0.3, 0.4) is 0 Å². The van der Waals surface area contributed by atoms with Crippen molar-refractivity contribution in [1.82, 2.24) is 4.98 Å². The maximum atomic E-state index is 13.6. The van der Waals surface area contributed by atoms with E-state index in [1.807, 2.05) is 0 Å². The largest absolute Gasteiger partial charge is 0.251 e. The highest BCUT2D eigenvalue weighted by molar-refractivity contribution is 5.13. The van der Waals surface area contributed by atoms with Gasteiger partial charge in [0.25, 0.3) is 5.95 Å². The minimum absolute atomic E-state index is 0.207. The average Bonchev–Trinajstić information content (AvgIpc) is 2.64. The molecule has 0 atom stereocenters. The van der Waals surface area contributed by atoms with Crippen LogP contribution >= 0.6 is 0 Å². The Hall–Kier alpha value is -1.06. The van der Waals surface area contributed by atoms with E-state index in [4.69, 9.17) is 0 Å². The molecule has 4 heteroatoms. The van der Waals surface area contributed by atoms with Gasteiger partial charge in [-0.25, -0.2) is 4.39 Å². The third-order valence-electron chi connectivity index (χ3n) is 6.81. The minimum atomic E-state index is -1.35. The first kappa shape index (κ1) is 18.7. The molecule has 25 heavy (non-hydrogen) atoms. The van der Waals surface area contributed by atoms with Crippen LogP contribution < -0.4 is 0 Å². The van der Waals surface area contributed by atoms with Crippen molar-refractivity contribution in [1.29, 1.82) is 0 Å². The Morgan fingerprint density at radius 2 is 1.40 bits per heavy atom. The second-order valence-corrected chi connectivity index (χ2v) is 8.22. The zero-order valence-electron chi connectivity index (χ0n) is 15.2. The molecule has 0 saturated heterocycles. The lowest BCUT2D eigenvalue weighted by atomic mass is 9.68. The fourth-order valence-electron chi connectivity index (χ4n) is 5.03. The molecule has 1 heterocycles. The summed E-state index contributed by atoms with van der Waals surface area (Å²) in [5.41, 5.74) is 0.207. The lowest BCUT2D eigenvalue weighted by molar-refractivity contribution is 0.142. The first-order valence-electron chi connectivity index (χ1n) is 10.1. The molecular weight excluding hydrogens is 323 g/mol. The molecule has 0 unspecified atom stereocenters. The van der Waals surface area contributed by atoms with Crippen LogP contribution in [0.15, 0.2) is 6.07 Å². The van der Waals surface area contributed by atoms with E-state index in [-0.39, 0.29) is 5.56 Å². The quantitative estimate of drug-likeness (QED) is 0.554. The molecule has 0 spiro atoms. The molecule has 2 aliphatic carbocycles. The van der Waals surface area contributed by atoms with E-state index in [2.05, 4.69) is 11.9 Å². The van der Waals surface area contributed by atoms with Crippen molar-refractivity contribution >= 4 is 0 Å². The summed E-state index contributed by atoms with van der Waals surface area (Å²) < 4.78 is 39.8. The van der Waals surface area contributed by atoms with Gasteiger partial charge in [-0.1, -0.05) is 39.0 Å². The van der Waals surface area contributed by atoms with Crippen molar-refractivity contribution in [3.05, 3.63) is 29.3 Å². The lowest BCUT2D eigenvalue weighted by Crippen LogP contribution is -2.26. The Labute approximate surface area is 149 Å². The van der Waals surface area contributed by atoms with E-state index >= 15 is 0 Å². The summed E-state index contributed by atoms with van der Waals surface area (Å²) in [6.45, 7) is 2.31. The van der Waals surface area contributed by atoms with Crippen molar-refractivity contribution in [2.24, 2.45) is 23.7 Å². The molecule has 2 fully saturated rings. The zero-order chi connectivity index (χ0) is 17.8. The molecule has 1 nitrogen and oxygen atoms in total. The first-order chi connectivity index (χ1) is 12.1. The van der Waals surface area contributed by atoms with Crippen LogP contribution in [0.1, 0.15) is 76.7 Å². The molecule has 0 aliphatic heterocycles. The summed E-state index contributed by atoms with van der Waals surface area (Å²) in [7, 11) is 0. The van der Waals surface area contributed by atoms with Crippen molar-refractivity contribution in [2.45, 2.75) is 77.6 Å². The highest BCUT2D eigenvalue weighted by Crippen LogP contribution is 2.42. The summed E-state index contributed by atoms with van der Waals surface area (Å²) in [6, 6.07) is 0.968. The van der Waals surface area contributed by atoms with Gasteiger partial charge in [-0.2, -0.15) is 13.8 Å². The van der Waals surface area contributed by atoms with E-state index in [0.717, 1.165) is 30.2 Å². The van der Waals surface area contributed by atoms with Crippen LogP contribution in [0.5, 0.6) is 0 Å². The second-order valence-electron chi connectivity index (χ2n) is 8.22. The van der Waals surface area contributed by atoms with Gasteiger partial charge in [-0.15, -0.1) is 0 Å². The van der Waals surface area contributed by atoms with Gasteiger partial charge in [0, 0.05) is 5.56 Å². The van der Waals surface area contributed by atoms with Crippen molar-refractivity contribution in [3.63, 3.8) is 0 Å². The van der Waals surface area contributed by atoms with E-state index in [1.165, 1.54) is 57.8 Å². The Morgan fingerprint density at radius 1 is 0.840 bits per heavy atom. The average molecular weight is 353 g/mol. The number of rotatable bonds is 5. The summed E-state index contributed by atoms with van der Waals surface area (Å²) in [5, 5.41) is 0. The first-order valence-corrected chi connectivity index (χ1v) is 10.1. The molecule has 0 aromatic carbocycles. The minimum Gasteiger partial charge on any atom is -0.202 e. The van der Waals surface area contributed by atoms with Crippen LogP contribution in [0.25, 0.3) is 0 Å². The maximum absolute atomic E-state index is 13.6. The van der Waals surface area contributed by atoms with Crippen LogP contribution in [0.4, 0.5) is 13.2 Å². The number of hydrogen-bond donors (Lipinski definition) is 0. The lowest BCUT2D eigenvalue weighted by Gasteiger charge is -2.37. The highest BCUT2D eigenvalue weighted by Gasteiger charge is 2.30. The molecule has 1 aromatic rings. The van der Waals surface area contributed by atoms with Crippen molar-refractivity contribution in [2.75, 3.05) is 0 Å². The van der Waals surface area contributed by atoms with Gasteiger partial charge < -0.3 is 0 Å². The van der Waals surface area contributed by atoms with Gasteiger partial charge in [-0.05, 0) is 68.3 Å². The monoisotopic (exact) mass is 353 g/mol. The number of pyridine rings is 1. The zero-order valence-corrected chi connectivity index (χ0v) is 15.2. The fraction of sp³-hybridized carbons (Fsp3) is 0.762. The normalized spacial score (nSPS) is 30.4. The topological polar surface area (TPSA) is 12.9 Å². The fourth-order valence-corrected chi connectivity index (χ4v) is 5.03. The summed E-state index contributed by atoms with van der Waals surface area (Å²) in [4.78, 5) is 3.01. The van der Waals surface area contributed by atoms with E-state index in [0.29, 0.717) is 12.3 Å². The van der Waals surface area contributed by atoms with Gasteiger partial charge in [0.1, 0.15) is 0 Å². The second kappa shape index (κ2) is 8.55. The van der Waals surface area contributed by atoms with Gasteiger partial charge in [0.2, 0.25) is 5.95 Å². The van der Waals surface area contributed by atoms with Crippen molar-refractivity contribution in [3.8, 4) is 0 Å². The Morgan fingerprint density at radius 3 is 1.96 bits per heavy atom. The smallest absolute Gasteiger partial charge is 0.202 e.